The zero-order valence-electron chi connectivity index (χ0n) is 9.54. The van der Waals surface area contributed by atoms with Crippen LogP contribution < -0.4 is 0 Å². The van der Waals surface area contributed by atoms with E-state index in [1.54, 1.807) is 6.08 Å². The Bertz CT molecular complexity index is 233. The van der Waals surface area contributed by atoms with Crippen LogP contribution in [-0.2, 0) is 9.63 Å². The number of aliphatic hydroxyl groups excluding tert-OH is 3. The molecule has 0 saturated heterocycles. The van der Waals surface area contributed by atoms with E-state index in [0.717, 1.165) is 5.06 Å². The van der Waals surface area contributed by atoms with Crippen LogP contribution in [0.3, 0.4) is 0 Å². The van der Waals surface area contributed by atoms with E-state index in [-0.39, 0.29) is 6.42 Å². The second kappa shape index (κ2) is 7.34. The molecular formula is C10H19NO5. The van der Waals surface area contributed by atoms with E-state index in [9.17, 15) is 20.1 Å². The van der Waals surface area contributed by atoms with Crippen LogP contribution in [0.5, 0.6) is 0 Å². The first kappa shape index (κ1) is 15.0. The fourth-order valence-electron chi connectivity index (χ4n) is 1.09. The third kappa shape index (κ3) is 4.28. The number of hydrogen-bond acceptors (Lipinski definition) is 5. The molecule has 0 radical (unpaired) electrons. The molecule has 0 aliphatic rings. The SMILES string of the molecule is C=CCC[C@H](O)[C@@H](O)[C@H](O)C(=O)N(C)OC. The molecule has 0 aliphatic heterocycles. The Morgan fingerprint density at radius 3 is 2.50 bits per heavy atom. The van der Waals surface area contributed by atoms with Gasteiger partial charge in [-0.3, -0.25) is 9.63 Å². The van der Waals surface area contributed by atoms with Gasteiger partial charge in [-0.25, -0.2) is 5.06 Å². The predicted molar refractivity (Wildman–Crippen MR) is 57.2 cm³/mol. The van der Waals surface area contributed by atoms with E-state index in [4.69, 9.17) is 0 Å². The van der Waals surface area contributed by atoms with Crippen LogP contribution in [0.2, 0.25) is 0 Å². The molecule has 0 heterocycles. The summed E-state index contributed by atoms with van der Waals surface area (Å²) >= 11 is 0. The molecule has 0 unspecified atom stereocenters. The van der Waals surface area contributed by atoms with Gasteiger partial charge in [-0.05, 0) is 12.8 Å². The molecule has 94 valence electrons. The maximum atomic E-state index is 11.4. The van der Waals surface area contributed by atoms with Gasteiger partial charge in [-0.15, -0.1) is 6.58 Å². The average Bonchev–Trinajstić information content (AvgIpc) is 2.31. The third-order valence-corrected chi connectivity index (χ3v) is 2.22. The lowest BCUT2D eigenvalue weighted by molar-refractivity contribution is -0.186. The van der Waals surface area contributed by atoms with E-state index >= 15 is 0 Å². The molecule has 16 heavy (non-hydrogen) atoms. The molecule has 0 fully saturated rings. The summed E-state index contributed by atoms with van der Waals surface area (Å²) in [6, 6.07) is 0. The van der Waals surface area contributed by atoms with Crippen LogP contribution in [0.15, 0.2) is 12.7 Å². The highest BCUT2D eigenvalue weighted by atomic mass is 16.7. The molecule has 6 nitrogen and oxygen atoms in total. The number of rotatable bonds is 7. The number of carbonyl (C=O) groups excluding carboxylic acids is 1. The van der Waals surface area contributed by atoms with Crippen LogP contribution in [0, 0.1) is 0 Å². The van der Waals surface area contributed by atoms with Crippen molar-refractivity contribution in [3.8, 4) is 0 Å². The van der Waals surface area contributed by atoms with Crippen LogP contribution in [0.25, 0.3) is 0 Å². The number of hydrogen-bond donors (Lipinski definition) is 3. The molecule has 0 spiro atoms. The minimum atomic E-state index is -1.70. The Morgan fingerprint density at radius 1 is 1.50 bits per heavy atom. The van der Waals surface area contributed by atoms with Crippen molar-refractivity contribution < 1.29 is 25.0 Å². The lowest BCUT2D eigenvalue weighted by Crippen LogP contribution is -2.47. The second-order valence-corrected chi connectivity index (χ2v) is 3.39. The maximum absolute atomic E-state index is 11.4. The number of likely N-dealkylation sites (N-methyl/N-ethyl adjacent to an activating group) is 1. The van der Waals surface area contributed by atoms with Crippen molar-refractivity contribution in [3.05, 3.63) is 12.7 Å². The summed E-state index contributed by atoms with van der Waals surface area (Å²) < 4.78 is 0. The van der Waals surface area contributed by atoms with E-state index in [0.29, 0.717) is 6.42 Å². The van der Waals surface area contributed by atoms with Gasteiger partial charge >= 0.3 is 0 Å². The lowest BCUT2D eigenvalue weighted by atomic mass is 10.0. The average molecular weight is 233 g/mol. The van der Waals surface area contributed by atoms with Crippen molar-refractivity contribution >= 4 is 5.91 Å². The Kier molecular flexibility index (Phi) is 6.91. The molecule has 0 bridgehead atoms. The third-order valence-electron chi connectivity index (χ3n) is 2.22. The molecule has 1 amide bonds. The van der Waals surface area contributed by atoms with E-state index < -0.39 is 24.2 Å². The molecule has 3 atom stereocenters. The monoisotopic (exact) mass is 233 g/mol. The minimum absolute atomic E-state index is 0.228. The lowest BCUT2D eigenvalue weighted by Gasteiger charge is -2.24. The Labute approximate surface area is 94.7 Å². The molecular weight excluding hydrogens is 214 g/mol. The van der Waals surface area contributed by atoms with E-state index in [2.05, 4.69) is 11.4 Å². The molecule has 0 aromatic carbocycles. The summed E-state index contributed by atoms with van der Waals surface area (Å²) in [5.74, 6) is -0.812. The van der Waals surface area contributed by atoms with Gasteiger partial charge in [0.2, 0.25) is 0 Å². The van der Waals surface area contributed by atoms with Crippen molar-refractivity contribution in [2.75, 3.05) is 14.2 Å². The number of carbonyl (C=O) groups is 1. The zero-order valence-corrected chi connectivity index (χ0v) is 9.54. The van der Waals surface area contributed by atoms with Crippen molar-refractivity contribution in [2.45, 2.75) is 31.2 Å². The predicted octanol–water partition coefficient (Wildman–Crippen LogP) is -0.945. The molecule has 0 aliphatic carbocycles. The first-order valence-corrected chi connectivity index (χ1v) is 4.92. The van der Waals surface area contributed by atoms with Crippen molar-refractivity contribution in [1.82, 2.24) is 5.06 Å². The van der Waals surface area contributed by atoms with Crippen molar-refractivity contribution in [3.63, 3.8) is 0 Å². The van der Waals surface area contributed by atoms with Crippen molar-refractivity contribution in [2.24, 2.45) is 0 Å². The van der Waals surface area contributed by atoms with Gasteiger partial charge in [0.1, 0.15) is 6.10 Å². The molecule has 0 saturated carbocycles. The number of hydroxylamine groups is 2. The number of amides is 1. The molecule has 0 aromatic heterocycles. The highest BCUT2D eigenvalue weighted by Gasteiger charge is 2.31. The van der Waals surface area contributed by atoms with Crippen LogP contribution in [0.1, 0.15) is 12.8 Å². The fraction of sp³-hybridized carbons (Fsp3) is 0.700. The molecule has 0 aromatic rings. The minimum Gasteiger partial charge on any atom is -0.390 e. The second-order valence-electron chi connectivity index (χ2n) is 3.39. The van der Waals surface area contributed by atoms with Crippen LogP contribution >= 0.6 is 0 Å². The molecule has 3 N–H and O–H groups in total. The van der Waals surface area contributed by atoms with Gasteiger partial charge in [-0.2, -0.15) is 0 Å². The Morgan fingerprint density at radius 2 is 2.06 bits per heavy atom. The quantitative estimate of drug-likeness (QED) is 0.390. The normalized spacial score (nSPS) is 16.3. The summed E-state index contributed by atoms with van der Waals surface area (Å²) in [5.41, 5.74) is 0. The van der Waals surface area contributed by atoms with Gasteiger partial charge in [0.25, 0.3) is 5.91 Å². The number of allylic oxidation sites excluding steroid dienone is 1. The fourth-order valence-corrected chi connectivity index (χ4v) is 1.09. The summed E-state index contributed by atoms with van der Waals surface area (Å²) in [6.07, 6.45) is -2.13. The van der Waals surface area contributed by atoms with Crippen molar-refractivity contribution in [1.29, 1.82) is 0 Å². The smallest absolute Gasteiger partial charge is 0.277 e. The first-order chi connectivity index (χ1) is 7.45. The highest BCUT2D eigenvalue weighted by Crippen LogP contribution is 2.09. The standard InChI is InChI=1S/C10H19NO5/c1-4-5-6-7(12)8(13)9(14)10(15)11(2)16-3/h4,7-9,12-14H,1,5-6H2,2-3H3/t7-,8+,9-/m0/s1. The molecule has 6 heteroatoms. The van der Waals surface area contributed by atoms with Gasteiger partial charge in [0, 0.05) is 7.05 Å². The van der Waals surface area contributed by atoms with Crippen LogP contribution in [-0.4, -0.2) is 58.8 Å². The summed E-state index contributed by atoms with van der Waals surface area (Å²) in [6.45, 7) is 3.46. The Hall–Kier alpha value is -0.950. The number of aliphatic hydroxyl groups is 3. The van der Waals surface area contributed by atoms with Gasteiger partial charge in [0.15, 0.2) is 6.10 Å². The number of nitrogens with zero attached hydrogens (tertiary/aromatic N) is 1. The van der Waals surface area contributed by atoms with E-state index in [1.165, 1.54) is 14.2 Å². The largest absolute Gasteiger partial charge is 0.390 e. The topological polar surface area (TPSA) is 90.2 Å². The first-order valence-electron chi connectivity index (χ1n) is 4.92. The Balaban J connectivity index is 4.30. The zero-order chi connectivity index (χ0) is 12.7. The summed E-state index contributed by atoms with van der Waals surface area (Å²) in [4.78, 5) is 15.9. The summed E-state index contributed by atoms with van der Waals surface area (Å²) in [5, 5.41) is 29.2. The van der Waals surface area contributed by atoms with Gasteiger partial charge in [-0.1, -0.05) is 6.08 Å². The van der Waals surface area contributed by atoms with Gasteiger partial charge in [0.05, 0.1) is 13.2 Å². The maximum Gasteiger partial charge on any atom is 0.277 e. The van der Waals surface area contributed by atoms with Gasteiger partial charge < -0.3 is 15.3 Å². The summed E-state index contributed by atoms with van der Waals surface area (Å²) in [7, 11) is 2.56. The van der Waals surface area contributed by atoms with E-state index in [1.807, 2.05) is 0 Å². The highest BCUT2D eigenvalue weighted by molar-refractivity contribution is 5.80. The van der Waals surface area contributed by atoms with Crippen LogP contribution in [0.4, 0.5) is 0 Å². The molecule has 0 rings (SSSR count).